The summed E-state index contributed by atoms with van der Waals surface area (Å²) >= 11 is 1.60. The van der Waals surface area contributed by atoms with Crippen LogP contribution in [0.2, 0.25) is 0 Å². The van der Waals surface area contributed by atoms with Crippen molar-refractivity contribution >= 4 is 17.3 Å². The summed E-state index contributed by atoms with van der Waals surface area (Å²) in [5.74, 6) is -0.923. The molecule has 1 aromatic heterocycles. The van der Waals surface area contributed by atoms with Crippen LogP contribution in [-0.2, 0) is 16.1 Å². The van der Waals surface area contributed by atoms with Crippen LogP contribution in [-0.4, -0.2) is 47.3 Å². The Morgan fingerprint density at radius 1 is 1.71 bits per heavy atom. The lowest BCUT2D eigenvalue weighted by Crippen LogP contribution is -2.36. The number of aromatic nitrogens is 1. The van der Waals surface area contributed by atoms with Crippen molar-refractivity contribution in [2.45, 2.75) is 26.5 Å². The first-order valence-corrected chi connectivity index (χ1v) is 6.34. The predicted molar refractivity (Wildman–Crippen MR) is 66.2 cm³/mol. The normalized spacial score (nSPS) is 12.9. The van der Waals surface area contributed by atoms with Gasteiger partial charge in [-0.15, -0.1) is 11.3 Å². The molecule has 0 saturated heterocycles. The van der Waals surface area contributed by atoms with Crippen LogP contribution in [0.1, 0.15) is 17.6 Å². The molecule has 0 saturated carbocycles. The van der Waals surface area contributed by atoms with Crippen molar-refractivity contribution in [3.63, 3.8) is 0 Å². The molecule has 0 amide bonds. The summed E-state index contributed by atoms with van der Waals surface area (Å²) in [4.78, 5) is 17.2. The van der Waals surface area contributed by atoms with Gasteiger partial charge in [-0.1, -0.05) is 0 Å². The number of likely N-dealkylation sites (N-methyl/N-ethyl adjacent to an activating group) is 1. The van der Waals surface area contributed by atoms with Gasteiger partial charge in [-0.05, 0) is 20.9 Å². The fourth-order valence-electron chi connectivity index (χ4n) is 1.51. The molecule has 0 aliphatic rings. The first-order chi connectivity index (χ1) is 8.02. The fraction of sp³-hybridized carbons (Fsp3) is 0.636. The van der Waals surface area contributed by atoms with Crippen LogP contribution in [0.25, 0.3) is 0 Å². The molecule has 5 nitrogen and oxygen atoms in total. The van der Waals surface area contributed by atoms with Gasteiger partial charge in [0.25, 0.3) is 0 Å². The zero-order valence-electron chi connectivity index (χ0n) is 10.3. The molecule has 0 spiro atoms. The highest BCUT2D eigenvalue weighted by Gasteiger charge is 2.19. The van der Waals surface area contributed by atoms with E-state index in [1.54, 1.807) is 18.3 Å². The molecule has 0 aliphatic carbocycles. The van der Waals surface area contributed by atoms with Gasteiger partial charge < -0.3 is 9.84 Å². The fourth-order valence-corrected chi connectivity index (χ4v) is 2.11. The highest BCUT2D eigenvalue weighted by Crippen LogP contribution is 2.10. The average Bonchev–Trinajstić information content (AvgIpc) is 2.63. The Morgan fingerprint density at radius 2 is 2.41 bits per heavy atom. The third kappa shape index (κ3) is 4.80. The van der Waals surface area contributed by atoms with Gasteiger partial charge in [0, 0.05) is 25.1 Å². The summed E-state index contributed by atoms with van der Waals surface area (Å²) in [5.41, 5.74) is 0.968. The van der Waals surface area contributed by atoms with E-state index in [9.17, 15) is 4.79 Å². The van der Waals surface area contributed by atoms with E-state index in [-0.39, 0.29) is 0 Å². The summed E-state index contributed by atoms with van der Waals surface area (Å²) in [7, 11) is 1.86. The van der Waals surface area contributed by atoms with Crippen molar-refractivity contribution in [3.05, 3.63) is 16.1 Å². The number of ether oxygens (including phenoxy) is 1. The second-order valence-corrected chi connectivity index (χ2v) is 4.90. The molecule has 0 bridgehead atoms. The number of hydrogen-bond donors (Lipinski definition) is 1. The number of thiazole rings is 1. The average molecular weight is 258 g/mol. The topological polar surface area (TPSA) is 62.7 Å². The molecule has 1 atom stereocenters. The van der Waals surface area contributed by atoms with Crippen molar-refractivity contribution in [1.82, 2.24) is 9.88 Å². The lowest BCUT2D eigenvalue weighted by atomic mass is 10.3. The molecular formula is C11H18N2O3S. The summed E-state index contributed by atoms with van der Waals surface area (Å²) in [6, 6.07) is 0. The van der Waals surface area contributed by atoms with Crippen molar-refractivity contribution in [1.29, 1.82) is 0 Å². The summed E-state index contributed by atoms with van der Waals surface area (Å²) in [6.07, 6.45) is -0.773. The van der Waals surface area contributed by atoms with E-state index in [4.69, 9.17) is 9.84 Å². The van der Waals surface area contributed by atoms with Crippen molar-refractivity contribution in [2.24, 2.45) is 0 Å². The number of aryl methyl sites for hydroxylation is 1. The third-order valence-corrected chi connectivity index (χ3v) is 3.04. The number of rotatable bonds is 7. The first kappa shape index (κ1) is 14.1. The van der Waals surface area contributed by atoms with Gasteiger partial charge in [0.1, 0.15) is 0 Å². The lowest BCUT2D eigenvalue weighted by Gasteiger charge is -2.20. The Kier molecular flexibility index (Phi) is 5.54. The van der Waals surface area contributed by atoms with Gasteiger partial charge in [0.05, 0.1) is 10.7 Å². The van der Waals surface area contributed by atoms with Gasteiger partial charge in [-0.3, -0.25) is 4.90 Å². The molecule has 1 unspecified atom stereocenters. The summed E-state index contributed by atoms with van der Waals surface area (Å²) in [5, 5.41) is 12.0. The van der Waals surface area contributed by atoms with E-state index in [0.717, 1.165) is 10.7 Å². The van der Waals surface area contributed by atoms with E-state index in [1.807, 2.05) is 24.3 Å². The van der Waals surface area contributed by atoms with Crippen LogP contribution in [0.3, 0.4) is 0 Å². The van der Waals surface area contributed by atoms with Gasteiger partial charge >= 0.3 is 5.97 Å². The monoisotopic (exact) mass is 258 g/mol. The maximum Gasteiger partial charge on any atom is 0.334 e. The highest BCUT2D eigenvalue weighted by molar-refractivity contribution is 7.09. The second-order valence-electron chi connectivity index (χ2n) is 3.84. The minimum Gasteiger partial charge on any atom is -0.479 e. The van der Waals surface area contributed by atoms with E-state index in [1.165, 1.54) is 0 Å². The van der Waals surface area contributed by atoms with Crippen LogP contribution >= 0.6 is 11.3 Å². The minimum atomic E-state index is -0.923. The quantitative estimate of drug-likeness (QED) is 0.800. The molecule has 1 N–H and O–H groups in total. The second kappa shape index (κ2) is 6.68. The molecule has 17 heavy (non-hydrogen) atoms. The molecule has 0 fully saturated rings. The zero-order chi connectivity index (χ0) is 12.8. The van der Waals surface area contributed by atoms with Crippen molar-refractivity contribution < 1.29 is 14.6 Å². The van der Waals surface area contributed by atoms with Crippen LogP contribution in [0, 0.1) is 6.92 Å². The Hall–Kier alpha value is -0.980. The molecule has 1 aromatic rings. The first-order valence-electron chi connectivity index (χ1n) is 5.47. The Balaban J connectivity index is 2.47. The molecule has 1 heterocycles. The van der Waals surface area contributed by atoms with Crippen molar-refractivity contribution in [3.8, 4) is 0 Å². The largest absolute Gasteiger partial charge is 0.479 e. The van der Waals surface area contributed by atoms with Crippen molar-refractivity contribution in [2.75, 3.05) is 20.2 Å². The standard InChI is InChI=1S/C11H18N2O3S/c1-4-16-10(11(14)15)6-13(3)5-9-7-17-8(2)12-9/h7,10H,4-6H2,1-3H3,(H,14,15). The lowest BCUT2D eigenvalue weighted by molar-refractivity contribution is -0.151. The molecular weight excluding hydrogens is 240 g/mol. The maximum atomic E-state index is 10.9. The minimum absolute atomic E-state index is 0.361. The van der Waals surface area contributed by atoms with E-state index >= 15 is 0 Å². The Labute approximate surface area is 105 Å². The smallest absolute Gasteiger partial charge is 0.334 e. The summed E-state index contributed by atoms with van der Waals surface area (Å²) < 4.78 is 5.16. The van der Waals surface area contributed by atoms with Gasteiger partial charge in [-0.2, -0.15) is 0 Å². The van der Waals surface area contributed by atoms with Crippen LogP contribution in [0.15, 0.2) is 5.38 Å². The number of carbonyl (C=O) groups is 1. The predicted octanol–water partition coefficient (Wildman–Crippen LogP) is 1.37. The van der Waals surface area contributed by atoms with Gasteiger partial charge in [0.2, 0.25) is 0 Å². The number of hydrogen-bond acceptors (Lipinski definition) is 5. The van der Waals surface area contributed by atoms with E-state index < -0.39 is 12.1 Å². The maximum absolute atomic E-state index is 10.9. The number of carboxylic acid groups (broad SMARTS) is 1. The van der Waals surface area contributed by atoms with Crippen LogP contribution in [0.4, 0.5) is 0 Å². The van der Waals surface area contributed by atoms with E-state index in [2.05, 4.69) is 4.98 Å². The molecule has 6 heteroatoms. The third-order valence-electron chi connectivity index (χ3n) is 2.22. The molecule has 96 valence electrons. The Morgan fingerprint density at radius 3 is 2.88 bits per heavy atom. The molecule has 0 aliphatic heterocycles. The highest BCUT2D eigenvalue weighted by atomic mass is 32.1. The van der Waals surface area contributed by atoms with Gasteiger partial charge in [0.15, 0.2) is 6.10 Å². The molecule has 0 radical (unpaired) electrons. The molecule has 0 aromatic carbocycles. The zero-order valence-corrected chi connectivity index (χ0v) is 11.2. The van der Waals surface area contributed by atoms with E-state index in [0.29, 0.717) is 19.7 Å². The summed E-state index contributed by atoms with van der Waals surface area (Å²) in [6.45, 7) is 5.15. The number of nitrogens with zero attached hydrogens (tertiary/aromatic N) is 2. The van der Waals surface area contributed by atoms with Crippen LogP contribution in [0.5, 0.6) is 0 Å². The molecule has 1 rings (SSSR count). The number of aliphatic carboxylic acids is 1. The van der Waals surface area contributed by atoms with Gasteiger partial charge in [-0.25, -0.2) is 9.78 Å². The number of carboxylic acids is 1. The SMILES string of the molecule is CCOC(CN(C)Cc1csc(C)n1)C(=O)O. The Bertz CT molecular complexity index is 367. The van der Waals surface area contributed by atoms with Crippen LogP contribution < -0.4 is 0 Å².